The van der Waals surface area contributed by atoms with Gasteiger partial charge in [0, 0.05) is 44.2 Å². The van der Waals surface area contributed by atoms with Gasteiger partial charge in [0.15, 0.2) is 5.79 Å². The number of hydrogen-bond acceptors (Lipinski definition) is 6. The van der Waals surface area contributed by atoms with Crippen molar-refractivity contribution in [3.63, 3.8) is 0 Å². The first-order chi connectivity index (χ1) is 10.2. The molecule has 0 atom stereocenters. The molecule has 1 N–H and O–H groups in total. The largest absolute Gasteiger partial charge is 0.370 e. The van der Waals surface area contributed by atoms with Gasteiger partial charge in [-0.1, -0.05) is 6.92 Å². The zero-order valence-corrected chi connectivity index (χ0v) is 12.9. The second-order valence-corrected chi connectivity index (χ2v) is 5.72. The topological polar surface area (TPSA) is 59.5 Å². The molecule has 6 nitrogen and oxygen atoms in total. The van der Waals surface area contributed by atoms with Gasteiger partial charge in [-0.05, 0) is 13.3 Å². The summed E-state index contributed by atoms with van der Waals surface area (Å²) < 4.78 is 11.5. The Balaban J connectivity index is 1.68. The van der Waals surface area contributed by atoms with Gasteiger partial charge >= 0.3 is 0 Å². The van der Waals surface area contributed by atoms with Crippen molar-refractivity contribution in [2.45, 2.75) is 38.9 Å². The predicted molar refractivity (Wildman–Crippen MR) is 81.6 cm³/mol. The highest BCUT2D eigenvalue weighted by molar-refractivity contribution is 5.44. The summed E-state index contributed by atoms with van der Waals surface area (Å²) in [6.45, 7) is 8.26. The van der Waals surface area contributed by atoms with E-state index in [1.165, 1.54) is 0 Å². The molecular formula is C15H24N4O2. The van der Waals surface area contributed by atoms with Gasteiger partial charge in [-0.25, -0.2) is 4.98 Å². The number of anilines is 2. The van der Waals surface area contributed by atoms with E-state index in [0.29, 0.717) is 13.2 Å². The molecule has 0 radical (unpaired) electrons. The van der Waals surface area contributed by atoms with Crippen molar-refractivity contribution >= 4 is 11.8 Å². The fourth-order valence-corrected chi connectivity index (χ4v) is 2.87. The van der Waals surface area contributed by atoms with Crippen molar-refractivity contribution in [1.82, 2.24) is 9.97 Å². The number of nitrogens with one attached hydrogen (secondary N) is 1. The van der Waals surface area contributed by atoms with E-state index in [1.54, 1.807) is 0 Å². The van der Waals surface area contributed by atoms with Gasteiger partial charge in [-0.2, -0.15) is 4.98 Å². The van der Waals surface area contributed by atoms with E-state index < -0.39 is 0 Å². The van der Waals surface area contributed by atoms with Crippen LogP contribution in [0.5, 0.6) is 0 Å². The van der Waals surface area contributed by atoms with Crippen LogP contribution in [0.4, 0.5) is 11.8 Å². The molecule has 0 bridgehead atoms. The normalized spacial score (nSPS) is 21.0. The average molecular weight is 292 g/mol. The fourth-order valence-electron chi connectivity index (χ4n) is 2.87. The first kappa shape index (κ1) is 14.5. The van der Waals surface area contributed by atoms with E-state index in [-0.39, 0.29) is 5.79 Å². The number of aryl methyl sites for hydroxylation is 1. The zero-order chi connectivity index (χ0) is 14.7. The van der Waals surface area contributed by atoms with Crippen LogP contribution in [0.2, 0.25) is 0 Å². The summed E-state index contributed by atoms with van der Waals surface area (Å²) in [5.41, 5.74) is 0.993. The van der Waals surface area contributed by atoms with Crippen LogP contribution in [0.3, 0.4) is 0 Å². The molecule has 0 unspecified atom stereocenters. The molecule has 1 spiro atoms. The third-order valence-electron chi connectivity index (χ3n) is 4.02. The van der Waals surface area contributed by atoms with Crippen molar-refractivity contribution in [1.29, 1.82) is 0 Å². The first-order valence-corrected chi connectivity index (χ1v) is 7.83. The smallest absolute Gasteiger partial charge is 0.227 e. The highest BCUT2D eigenvalue weighted by atomic mass is 16.7. The number of nitrogens with zero attached hydrogens (tertiary/aromatic N) is 3. The Hall–Kier alpha value is -1.40. The third-order valence-corrected chi connectivity index (χ3v) is 4.02. The van der Waals surface area contributed by atoms with Gasteiger partial charge in [0.1, 0.15) is 5.82 Å². The van der Waals surface area contributed by atoms with Crippen LogP contribution in [-0.4, -0.2) is 48.6 Å². The number of hydrogen-bond donors (Lipinski definition) is 1. The van der Waals surface area contributed by atoms with Crippen LogP contribution >= 0.6 is 0 Å². The van der Waals surface area contributed by atoms with Crippen LogP contribution < -0.4 is 10.2 Å². The number of aromatic nitrogens is 2. The maximum atomic E-state index is 5.76. The Bertz CT molecular complexity index is 479. The summed E-state index contributed by atoms with van der Waals surface area (Å²) >= 11 is 0. The van der Waals surface area contributed by atoms with E-state index in [0.717, 1.165) is 56.4 Å². The van der Waals surface area contributed by atoms with Crippen molar-refractivity contribution in [3.05, 3.63) is 11.8 Å². The lowest BCUT2D eigenvalue weighted by molar-refractivity contribution is -0.169. The molecule has 0 saturated carbocycles. The fraction of sp³-hybridized carbons (Fsp3) is 0.733. The van der Waals surface area contributed by atoms with Gasteiger partial charge in [0.05, 0.1) is 13.2 Å². The Labute approximate surface area is 125 Å². The Morgan fingerprint density at radius 3 is 2.62 bits per heavy atom. The molecule has 1 aromatic heterocycles. The number of piperidine rings is 1. The van der Waals surface area contributed by atoms with Crippen molar-refractivity contribution in [3.8, 4) is 0 Å². The van der Waals surface area contributed by atoms with Gasteiger partial charge in [-0.3, -0.25) is 0 Å². The van der Waals surface area contributed by atoms with E-state index >= 15 is 0 Å². The molecule has 2 aliphatic heterocycles. The minimum atomic E-state index is -0.344. The maximum absolute atomic E-state index is 5.76. The SMILES string of the molecule is CCCNc1cc(C)nc(N2CCC3(CC2)OCCO3)n1. The van der Waals surface area contributed by atoms with E-state index in [2.05, 4.69) is 27.1 Å². The second kappa shape index (κ2) is 6.15. The summed E-state index contributed by atoms with van der Waals surface area (Å²) in [6.07, 6.45) is 2.84. The molecule has 21 heavy (non-hydrogen) atoms. The lowest BCUT2D eigenvalue weighted by Crippen LogP contribution is -2.45. The summed E-state index contributed by atoms with van der Waals surface area (Å²) in [5.74, 6) is 1.37. The van der Waals surface area contributed by atoms with Gasteiger partial charge < -0.3 is 19.7 Å². The van der Waals surface area contributed by atoms with E-state index in [4.69, 9.17) is 9.47 Å². The molecule has 116 valence electrons. The monoisotopic (exact) mass is 292 g/mol. The van der Waals surface area contributed by atoms with Crippen LogP contribution in [-0.2, 0) is 9.47 Å². The standard InChI is InChI=1S/C15H24N4O2/c1-3-6-16-13-11-12(2)17-14(18-13)19-7-4-15(5-8-19)20-9-10-21-15/h11H,3-10H2,1-2H3,(H,16,17,18). The summed E-state index contributed by atoms with van der Waals surface area (Å²) in [5, 5.41) is 3.34. The maximum Gasteiger partial charge on any atom is 0.227 e. The predicted octanol–water partition coefficient (Wildman–Crippen LogP) is 1.95. The van der Waals surface area contributed by atoms with E-state index in [9.17, 15) is 0 Å². The summed E-state index contributed by atoms with van der Waals surface area (Å²) in [4.78, 5) is 11.4. The quantitative estimate of drug-likeness (QED) is 0.915. The molecule has 3 heterocycles. The van der Waals surface area contributed by atoms with Crippen molar-refractivity contribution in [2.24, 2.45) is 0 Å². The molecule has 0 amide bonds. The Morgan fingerprint density at radius 2 is 1.95 bits per heavy atom. The van der Waals surface area contributed by atoms with Crippen LogP contribution in [0.15, 0.2) is 6.07 Å². The van der Waals surface area contributed by atoms with Crippen LogP contribution in [0.1, 0.15) is 31.9 Å². The number of ether oxygens (including phenoxy) is 2. The zero-order valence-electron chi connectivity index (χ0n) is 12.9. The molecule has 2 fully saturated rings. The minimum absolute atomic E-state index is 0.344. The molecule has 6 heteroatoms. The molecule has 0 aliphatic carbocycles. The second-order valence-electron chi connectivity index (χ2n) is 5.72. The van der Waals surface area contributed by atoms with E-state index in [1.807, 2.05) is 13.0 Å². The molecule has 2 aliphatic rings. The molecule has 3 rings (SSSR count). The van der Waals surface area contributed by atoms with Gasteiger partial charge in [-0.15, -0.1) is 0 Å². The first-order valence-electron chi connectivity index (χ1n) is 7.83. The molecule has 0 aromatic carbocycles. The van der Waals surface area contributed by atoms with Gasteiger partial charge in [0.2, 0.25) is 5.95 Å². The molecule has 2 saturated heterocycles. The van der Waals surface area contributed by atoms with Gasteiger partial charge in [0.25, 0.3) is 0 Å². The lowest BCUT2D eigenvalue weighted by Gasteiger charge is -2.37. The lowest BCUT2D eigenvalue weighted by atomic mass is 10.0. The highest BCUT2D eigenvalue weighted by Crippen LogP contribution is 2.32. The molecule has 1 aromatic rings. The Morgan fingerprint density at radius 1 is 1.24 bits per heavy atom. The molecular weight excluding hydrogens is 268 g/mol. The van der Waals surface area contributed by atoms with Crippen molar-refractivity contribution < 1.29 is 9.47 Å². The highest BCUT2D eigenvalue weighted by Gasteiger charge is 2.40. The summed E-state index contributed by atoms with van der Waals surface area (Å²) in [6, 6.07) is 1.99. The number of rotatable bonds is 4. The summed E-state index contributed by atoms with van der Waals surface area (Å²) in [7, 11) is 0. The third kappa shape index (κ3) is 3.27. The average Bonchev–Trinajstić information content (AvgIpc) is 2.93. The Kier molecular flexibility index (Phi) is 4.26. The van der Waals surface area contributed by atoms with Crippen LogP contribution in [0, 0.1) is 6.92 Å². The van der Waals surface area contributed by atoms with Crippen LogP contribution in [0.25, 0.3) is 0 Å². The minimum Gasteiger partial charge on any atom is -0.370 e. The van der Waals surface area contributed by atoms with Crippen molar-refractivity contribution in [2.75, 3.05) is 43.1 Å².